The lowest BCUT2D eigenvalue weighted by molar-refractivity contribution is -0.115. The number of nitrogens with zero attached hydrogens (tertiary/aromatic N) is 2. The zero-order valence-corrected chi connectivity index (χ0v) is 18.9. The van der Waals surface area contributed by atoms with Crippen LogP contribution in [0.25, 0.3) is 0 Å². The van der Waals surface area contributed by atoms with Crippen LogP contribution in [-0.2, 0) is 14.8 Å². The molecule has 0 radical (unpaired) electrons. The highest BCUT2D eigenvalue weighted by Gasteiger charge is 2.25. The van der Waals surface area contributed by atoms with Crippen LogP contribution in [0.4, 0.5) is 10.1 Å². The molecule has 1 aromatic heterocycles. The molecule has 30 heavy (non-hydrogen) atoms. The molecule has 0 saturated carbocycles. The van der Waals surface area contributed by atoms with Gasteiger partial charge in [0.15, 0.2) is 0 Å². The van der Waals surface area contributed by atoms with Crippen LogP contribution in [0.5, 0.6) is 0 Å². The van der Waals surface area contributed by atoms with Crippen molar-refractivity contribution in [1.29, 1.82) is 0 Å². The van der Waals surface area contributed by atoms with Crippen molar-refractivity contribution in [3.05, 3.63) is 47.4 Å². The van der Waals surface area contributed by atoms with Crippen LogP contribution in [0, 0.1) is 5.82 Å². The normalized spacial score (nSPS) is 16.6. The van der Waals surface area contributed by atoms with E-state index >= 15 is 0 Å². The summed E-state index contributed by atoms with van der Waals surface area (Å²) in [5.74, 6) is -1.02. The Bertz CT molecular complexity index is 995. The van der Waals surface area contributed by atoms with E-state index in [0.29, 0.717) is 18.1 Å². The molecule has 1 aromatic carbocycles. The largest absolute Gasteiger partial charge is 0.323 e. The van der Waals surface area contributed by atoms with Crippen molar-refractivity contribution >= 4 is 45.0 Å². The van der Waals surface area contributed by atoms with Crippen molar-refractivity contribution in [3.63, 3.8) is 0 Å². The van der Waals surface area contributed by atoms with Gasteiger partial charge in [-0.15, -0.1) is 0 Å². The minimum absolute atomic E-state index is 0.0451. The van der Waals surface area contributed by atoms with Crippen LogP contribution in [0.15, 0.2) is 46.5 Å². The maximum absolute atomic E-state index is 13.9. The number of thioether (sulfide) groups is 1. The maximum atomic E-state index is 13.9. The predicted molar refractivity (Wildman–Crippen MR) is 117 cm³/mol. The first-order valence-corrected chi connectivity index (χ1v) is 12.4. The number of amides is 1. The summed E-state index contributed by atoms with van der Waals surface area (Å²) in [5.41, 5.74) is 0.0451. The van der Waals surface area contributed by atoms with E-state index in [2.05, 4.69) is 10.3 Å². The Balaban J connectivity index is 1.63. The monoisotopic (exact) mass is 471 g/mol. The SMILES string of the molecule is CC(Sc1ccc(S(=O)(=O)N2CCCCCC2)cn1)C(=O)Nc1ccc(Cl)cc1F. The fourth-order valence-electron chi connectivity index (χ4n) is 3.08. The number of pyridine rings is 1. The lowest BCUT2D eigenvalue weighted by atomic mass is 10.2. The Labute approximate surface area is 185 Å². The van der Waals surface area contributed by atoms with Gasteiger partial charge < -0.3 is 5.32 Å². The van der Waals surface area contributed by atoms with Crippen molar-refractivity contribution < 1.29 is 17.6 Å². The Kier molecular flexibility index (Phi) is 7.73. The van der Waals surface area contributed by atoms with Gasteiger partial charge in [0.05, 0.1) is 16.0 Å². The molecule has 0 bridgehead atoms. The molecule has 1 saturated heterocycles. The number of hydrogen-bond donors (Lipinski definition) is 1. The first-order valence-electron chi connectivity index (χ1n) is 9.66. The van der Waals surface area contributed by atoms with Gasteiger partial charge in [-0.2, -0.15) is 4.31 Å². The van der Waals surface area contributed by atoms with E-state index in [-0.39, 0.29) is 15.6 Å². The van der Waals surface area contributed by atoms with E-state index in [0.717, 1.165) is 43.5 Å². The third-order valence-corrected chi connectivity index (χ3v) is 7.94. The van der Waals surface area contributed by atoms with Crippen molar-refractivity contribution in [2.45, 2.75) is 47.8 Å². The van der Waals surface area contributed by atoms with Crippen molar-refractivity contribution in [3.8, 4) is 0 Å². The fraction of sp³-hybridized carbons (Fsp3) is 0.400. The third kappa shape index (κ3) is 5.72. The van der Waals surface area contributed by atoms with Crippen LogP contribution in [-0.4, -0.2) is 42.0 Å². The van der Waals surface area contributed by atoms with Crippen molar-refractivity contribution in [2.24, 2.45) is 0 Å². The molecule has 10 heteroatoms. The molecule has 1 unspecified atom stereocenters. The topological polar surface area (TPSA) is 79.4 Å². The van der Waals surface area contributed by atoms with Gasteiger partial charge in [0, 0.05) is 24.3 Å². The van der Waals surface area contributed by atoms with Crippen LogP contribution >= 0.6 is 23.4 Å². The molecule has 0 spiro atoms. The number of halogens is 2. The van der Waals surface area contributed by atoms with Gasteiger partial charge in [-0.25, -0.2) is 17.8 Å². The Morgan fingerprint density at radius 3 is 2.50 bits per heavy atom. The first kappa shape index (κ1) is 23.0. The summed E-state index contributed by atoms with van der Waals surface area (Å²) in [5, 5.41) is 2.70. The number of carbonyl (C=O) groups is 1. The quantitative estimate of drug-likeness (QED) is 0.625. The maximum Gasteiger partial charge on any atom is 0.244 e. The standard InChI is InChI=1S/C20H23ClFN3O3S2/c1-14(20(26)24-18-8-6-15(21)12-17(18)22)29-19-9-7-16(13-23-19)30(27,28)25-10-4-2-3-5-11-25/h6-9,12-14H,2-5,10-11H2,1H3,(H,24,26). The van der Waals surface area contributed by atoms with Crippen molar-refractivity contribution in [1.82, 2.24) is 9.29 Å². The van der Waals surface area contributed by atoms with Crippen LogP contribution < -0.4 is 5.32 Å². The molecule has 2 aromatic rings. The van der Waals surface area contributed by atoms with Gasteiger partial charge in [0.1, 0.15) is 10.7 Å². The number of nitrogens with one attached hydrogen (secondary N) is 1. The number of sulfonamides is 1. The lowest BCUT2D eigenvalue weighted by Gasteiger charge is -2.19. The molecule has 1 aliphatic heterocycles. The minimum atomic E-state index is -3.57. The molecule has 0 aliphatic carbocycles. The number of anilines is 1. The average Bonchev–Trinajstić information content (AvgIpc) is 3.00. The number of carbonyl (C=O) groups excluding carboxylic acids is 1. The summed E-state index contributed by atoms with van der Waals surface area (Å²) in [6, 6.07) is 7.11. The second-order valence-corrected chi connectivity index (χ2v) is 10.8. The highest BCUT2D eigenvalue weighted by Crippen LogP contribution is 2.26. The molecule has 3 rings (SSSR count). The van der Waals surface area contributed by atoms with Gasteiger partial charge in [-0.3, -0.25) is 4.79 Å². The van der Waals surface area contributed by atoms with Gasteiger partial charge in [0.25, 0.3) is 0 Å². The van der Waals surface area contributed by atoms with Crippen LogP contribution in [0.2, 0.25) is 5.02 Å². The molecule has 1 fully saturated rings. The van der Waals surface area contributed by atoms with Gasteiger partial charge >= 0.3 is 0 Å². The lowest BCUT2D eigenvalue weighted by Crippen LogP contribution is -2.32. The van der Waals surface area contributed by atoms with E-state index in [4.69, 9.17) is 11.6 Å². The van der Waals surface area contributed by atoms with Crippen molar-refractivity contribution in [2.75, 3.05) is 18.4 Å². The number of hydrogen-bond acceptors (Lipinski definition) is 5. The Morgan fingerprint density at radius 1 is 1.20 bits per heavy atom. The van der Waals surface area contributed by atoms with Gasteiger partial charge in [0.2, 0.25) is 15.9 Å². The van der Waals surface area contributed by atoms with E-state index in [1.807, 2.05) is 0 Å². The van der Waals surface area contributed by atoms with E-state index in [1.165, 1.54) is 28.7 Å². The summed E-state index contributed by atoms with van der Waals surface area (Å²) in [6.07, 6.45) is 5.13. The van der Waals surface area contributed by atoms with E-state index < -0.39 is 27.0 Å². The molecule has 1 atom stereocenters. The summed E-state index contributed by atoms with van der Waals surface area (Å²) >= 11 is 6.87. The smallest absolute Gasteiger partial charge is 0.244 e. The summed E-state index contributed by atoms with van der Waals surface area (Å²) in [6.45, 7) is 2.71. The molecule has 1 amide bonds. The molecular formula is C20H23ClFN3O3S2. The number of rotatable bonds is 6. The zero-order chi connectivity index (χ0) is 21.7. The summed E-state index contributed by atoms with van der Waals surface area (Å²) < 4.78 is 41.0. The predicted octanol–water partition coefficient (Wildman–Crippen LogP) is 4.56. The number of benzene rings is 1. The number of aromatic nitrogens is 1. The molecule has 1 N–H and O–H groups in total. The second-order valence-electron chi connectivity index (χ2n) is 7.02. The molecule has 2 heterocycles. The summed E-state index contributed by atoms with van der Waals surface area (Å²) in [7, 11) is -3.57. The first-order chi connectivity index (χ1) is 14.3. The fourth-order valence-corrected chi connectivity index (χ4v) is 5.49. The third-order valence-electron chi connectivity index (χ3n) is 4.77. The van der Waals surface area contributed by atoms with Crippen LogP contribution in [0.1, 0.15) is 32.6 Å². The van der Waals surface area contributed by atoms with E-state index in [9.17, 15) is 17.6 Å². The van der Waals surface area contributed by atoms with Gasteiger partial charge in [-0.05, 0) is 50.1 Å². The second kappa shape index (κ2) is 10.1. The van der Waals surface area contributed by atoms with E-state index in [1.54, 1.807) is 13.0 Å². The van der Waals surface area contributed by atoms with Gasteiger partial charge in [-0.1, -0.05) is 36.2 Å². The zero-order valence-electron chi connectivity index (χ0n) is 16.5. The molecular weight excluding hydrogens is 449 g/mol. The Morgan fingerprint density at radius 2 is 1.90 bits per heavy atom. The molecule has 162 valence electrons. The van der Waals surface area contributed by atoms with Crippen LogP contribution in [0.3, 0.4) is 0 Å². The minimum Gasteiger partial charge on any atom is -0.323 e. The highest BCUT2D eigenvalue weighted by molar-refractivity contribution is 8.00. The Hall–Kier alpha value is -1.68. The molecule has 1 aliphatic rings. The molecule has 6 nitrogen and oxygen atoms in total. The summed E-state index contributed by atoms with van der Waals surface area (Å²) in [4.78, 5) is 16.7. The average molecular weight is 472 g/mol. The highest BCUT2D eigenvalue weighted by atomic mass is 35.5.